The predicted octanol–water partition coefficient (Wildman–Crippen LogP) is 2.47. The molecular formula is C21H27N3O3. The second-order valence-corrected chi connectivity index (χ2v) is 7.08. The third-order valence-corrected chi connectivity index (χ3v) is 4.83. The Kier molecular flexibility index (Phi) is 5.96. The number of aryl methyl sites for hydroxylation is 1. The molecule has 2 amide bonds. The first-order valence-electron chi connectivity index (χ1n) is 9.41. The Morgan fingerprint density at radius 2 is 1.93 bits per heavy atom. The zero-order chi connectivity index (χ0) is 19.4. The summed E-state index contributed by atoms with van der Waals surface area (Å²) < 4.78 is 5.67. The summed E-state index contributed by atoms with van der Waals surface area (Å²) in [4.78, 5) is 26.0. The molecule has 3 rings (SSSR count). The molecule has 2 aromatic rings. The number of carbonyl (C=O) groups excluding carboxylic acids is 2. The fourth-order valence-electron chi connectivity index (χ4n) is 3.63. The highest BCUT2D eigenvalue weighted by atomic mass is 16.3. The van der Waals surface area contributed by atoms with E-state index >= 15 is 0 Å². The first kappa shape index (κ1) is 19.2. The molecule has 1 aromatic heterocycles. The van der Waals surface area contributed by atoms with Crippen molar-refractivity contribution < 1.29 is 14.0 Å². The van der Waals surface area contributed by atoms with Crippen LogP contribution < -0.4 is 10.6 Å². The number of nitrogens with zero attached hydrogens (tertiary/aromatic N) is 1. The lowest BCUT2D eigenvalue weighted by Gasteiger charge is -2.23. The van der Waals surface area contributed by atoms with Gasteiger partial charge in [-0.05, 0) is 38.0 Å². The topological polar surface area (TPSA) is 74.6 Å². The summed E-state index contributed by atoms with van der Waals surface area (Å²) in [6, 6.07) is 11.9. The smallest absolute Gasteiger partial charge is 0.237 e. The van der Waals surface area contributed by atoms with E-state index in [0.717, 1.165) is 22.6 Å². The van der Waals surface area contributed by atoms with Crippen LogP contribution in [0.2, 0.25) is 0 Å². The van der Waals surface area contributed by atoms with E-state index in [2.05, 4.69) is 27.7 Å². The average Bonchev–Trinajstić information content (AvgIpc) is 3.22. The van der Waals surface area contributed by atoms with E-state index < -0.39 is 0 Å². The summed E-state index contributed by atoms with van der Waals surface area (Å²) in [6.45, 7) is 7.29. The minimum absolute atomic E-state index is 0.000438. The number of benzene rings is 1. The largest absolute Gasteiger partial charge is 0.461 e. The van der Waals surface area contributed by atoms with Crippen LogP contribution in [0.25, 0.3) is 11.3 Å². The van der Waals surface area contributed by atoms with Gasteiger partial charge < -0.3 is 15.1 Å². The molecule has 1 fully saturated rings. The quantitative estimate of drug-likeness (QED) is 0.820. The molecule has 2 heterocycles. The van der Waals surface area contributed by atoms with Gasteiger partial charge in [0.25, 0.3) is 0 Å². The highest BCUT2D eigenvalue weighted by molar-refractivity contribution is 5.82. The van der Waals surface area contributed by atoms with Crippen molar-refractivity contribution in [2.24, 2.45) is 0 Å². The third kappa shape index (κ3) is 4.77. The molecule has 1 aromatic carbocycles. The number of hydrogen-bond donors (Lipinski definition) is 2. The van der Waals surface area contributed by atoms with Crippen molar-refractivity contribution in [1.29, 1.82) is 0 Å². The van der Waals surface area contributed by atoms with Crippen molar-refractivity contribution in [3.8, 4) is 11.3 Å². The fourth-order valence-corrected chi connectivity index (χ4v) is 3.63. The molecule has 0 radical (unpaired) electrons. The van der Waals surface area contributed by atoms with Crippen LogP contribution in [-0.4, -0.2) is 41.9 Å². The van der Waals surface area contributed by atoms with E-state index in [1.54, 1.807) is 0 Å². The lowest BCUT2D eigenvalue weighted by molar-refractivity contribution is -0.125. The zero-order valence-corrected chi connectivity index (χ0v) is 16.1. The van der Waals surface area contributed by atoms with Crippen molar-refractivity contribution in [2.45, 2.75) is 45.8 Å². The van der Waals surface area contributed by atoms with Gasteiger partial charge in [-0.2, -0.15) is 0 Å². The van der Waals surface area contributed by atoms with Gasteiger partial charge in [0.05, 0.1) is 6.04 Å². The SMILES string of the molecule is CCNC(=O)[C@@H]1C[C@H](NC(C)=O)CN1Cc1ccc(-c2ccc(C)o2)cc1. The molecule has 1 aliphatic rings. The van der Waals surface area contributed by atoms with Gasteiger partial charge in [0.1, 0.15) is 11.5 Å². The average molecular weight is 369 g/mol. The first-order valence-corrected chi connectivity index (χ1v) is 9.41. The minimum atomic E-state index is -0.228. The van der Waals surface area contributed by atoms with Gasteiger partial charge in [0.15, 0.2) is 0 Å². The van der Waals surface area contributed by atoms with Crippen LogP contribution in [0.4, 0.5) is 0 Å². The van der Waals surface area contributed by atoms with Gasteiger partial charge in [-0.25, -0.2) is 0 Å². The van der Waals surface area contributed by atoms with Crippen molar-refractivity contribution in [2.75, 3.05) is 13.1 Å². The molecule has 2 N–H and O–H groups in total. The maximum atomic E-state index is 12.4. The molecule has 1 saturated heterocycles. The molecule has 6 nitrogen and oxygen atoms in total. The van der Waals surface area contributed by atoms with E-state index in [4.69, 9.17) is 4.42 Å². The molecule has 2 atom stereocenters. The van der Waals surface area contributed by atoms with Gasteiger partial charge in [-0.15, -0.1) is 0 Å². The van der Waals surface area contributed by atoms with Gasteiger partial charge >= 0.3 is 0 Å². The summed E-state index contributed by atoms with van der Waals surface area (Å²) in [5.74, 6) is 1.70. The second kappa shape index (κ2) is 8.39. The molecule has 1 aliphatic heterocycles. The maximum absolute atomic E-state index is 12.4. The van der Waals surface area contributed by atoms with E-state index in [-0.39, 0.29) is 23.9 Å². The van der Waals surface area contributed by atoms with Crippen LogP contribution in [0.15, 0.2) is 40.8 Å². The van der Waals surface area contributed by atoms with E-state index in [1.165, 1.54) is 6.92 Å². The third-order valence-electron chi connectivity index (χ3n) is 4.83. The van der Waals surface area contributed by atoms with Crippen LogP contribution in [0.1, 0.15) is 31.6 Å². The monoisotopic (exact) mass is 369 g/mol. The Bertz CT molecular complexity index is 797. The van der Waals surface area contributed by atoms with Crippen molar-refractivity contribution in [3.63, 3.8) is 0 Å². The molecule has 144 valence electrons. The lowest BCUT2D eigenvalue weighted by atomic mass is 10.1. The molecule has 0 bridgehead atoms. The number of carbonyl (C=O) groups is 2. The Morgan fingerprint density at radius 1 is 1.19 bits per heavy atom. The molecule has 6 heteroatoms. The Labute approximate surface area is 159 Å². The van der Waals surface area contributed by atoms with Crippen LogP contribution in [-0.2, 0) is 16.1 Å². The molecule has 0 saturated carbocycles. The molecule has 0 aliphatic carbocycles. The van der Waals surface area contributed by atoms with E-state index in [0.29, 0.717) is 26.1 Å². The number of rotatable bonds is 6. The van der Waals surface area contributed by atoms with Crippen LogP contribution >= 0.6 is 0 Å². The number of hydrogen-bond acceptors (Lipinski definition) is 4. The summed E-state index contributed by atoms with van der Waals surface area (Å²) in [5.41, 5.74) is 2.16. The predicted molar refractivity (Wildman–Crippen MR) is 104 cm³/mol. The van der Waals surface area contributed by atoms with E-state index in [9.17, 15) is 9.59 Å². The zero-order valence-electron chi connectivity index (χ0n) is 16.1. The lowest BCUT2D eigenvalue weighted by Crippen LogP contribution is -2.42. The normalized spacial score (nSPS) is 19.8. The second-order valence-electron chi connectivity index (χ2n) is 7.08. The van der Waals surface area contributed by atoms with Gasteiger partial charge in [-0.3, -0.25) is 14.5 Å². The first-order chi connectivity index (χ1) is 13.0. The Balaban J connectivity index is 1.71. The standard InChI is InChI=1S/C21H27N3O3/c1-4-22-21(26)19-11-18(23-15(3)25)13-24(19)12-16-6-8-17(9-7-16)20-10-5-14(2)27-20/h5-10,18-19H,4,11-13H2,1-3H3,(H,22,26)(H,23,25)/t18-,19-/m0/s1. The van der Waals surface area contributed by atoms with Crippen LogP contribution in [0.3, 0.4) is 0 Å². The van der Waals surface area contributed by atoms with Crippen molar-refractivity contribution >= 4 is 11.8 Å². The Hall–Kier alpha value is -2.60. The van der Waals surface area contributed by atoms with Crippen LogP contribution in [0, 0.1) is 6.92 Å². The van der Waals surface area contributed by atoms with E-state index in [1.807, 2.05) is 38.1 Å². The number of furan rings is 1. The molecule has 0 spiro atoms. The summed E-state index contributed by atoms with van der Waals surface area (Å²) in [7, 11) is 0. The molecule has 0 unspecified atom stereocenters. The van der Waals surface area contributed by atoms with Gasteiger partial charge in [0.2, 0.25) is 11.8 Å². The molecular weight excluding hydrogens is 342 g/mol. The summed E-state index contributed by atoms with van der Waals surface area (Å²) >= 11 is 0. The van der Waals surface area contributed by atoms with Crippen molar-refractivity contribution in [1.82, 2.24) is 15.5 Å². The number of likely N-dealkylation sites (N-methyl/N-ethyl adjacent to an activating group) is 1. The highest BCUT2D eigenvalue weighted by Gasteiger charge is 2.36. The number of amides is 2. The Morgan fingerprint density at radius 3 is 2.52 bits per heavy atom. The van der Waals surface area contributed by atoms with Crippen molar-refractivity contribution in [3.05, 3.63) is 47.7 Å². The number of nitrogens with one attached hydrogen (secondary N) is 2. The minimum Gasteiger partial charge on any atom is -0.461 e. The van der Waals surface area contributed by atoms with Gasteiger partial charge in [-0.1, -0.05) is 24.3 Å². The molecule has 27 heavy (non-hydrogen) atoms. The number of likely N-dealkylation sites (tertiary alicyclic amines) is 1. The summed E-state index contributed by atoms with van der Waals surface area (Å²) in [6.07, 6.45) is 0.634. The van der Waals surface area contributed by atoms with Gasteiger partial charge in [0, 0.05) is 38.2 Å². The van der Waals surface area contributed by atoms with Crippen LogP contribution in [0.5, 0.6) is 0 Å². The maximum Gasteiger partial charge on any atom is 0.237 e. The summed E-state index contributed by atoms with van der Waals surface area (Å²) in [5, 5.41) is 5.85. The highest BCUT2D eigenvalue weighted by Crippen LogP contribution is 2.25. The fraction of sp³-hybridized carbons (Fsp3) is 0.429.